The Hall–Kier alpha value is -0.720. The molecule has 2 nitrogen and oxygen atoms in total. The molecular weight excluding hydrogens is 255 g/mol. The Morgan fingerprint density at radius 3 is 2.53 bits per heavy atom. The fraction of sp³-hybridized carbons (Fsp3) is 0.625. The van der Waals surface area contributed by atoms with E-state index in [2.05, 4.69) is 20.8 Å². The summed E-state index contributed by atoms with van der Waals surface area (Å²) < 4.78 is 18.2. The van der Waals surface area contributed by atoms with Crippen LogP contribution in [0, 0.1) is 17.8 Å². The maximum atomic E-state index is 12.3. The second-order valence-electron chi connectivity index (χ2n) is 6.06. The van der Waals surface area contributed by atoms with Gasteiger partial charge >= 0.3 is 8.03 Å². The van der Waals surface area contributed by atoms with Gasteiger partial charge in [-0.15, -0.1) is 4.52 Å². The molecule has 0 radical (unpaired) electrons. The Kier molecular flexibility index (Phi) is 5.13. The predicted molar refractivity (Wildman–Crippen MR) is 79.9 cm³/mol. The molecule has 0 heterocycles. The van der Waals surface area contributed by atoms with Crippen molar-refractivity contribution in [3.8, 4) is 0 Å². The molecule has 1 fully saturated rings. The highest BCUT2D eigenvalue weighted by molar-refractivity contribution is 7.48. The molecule has 0 spiro atoms. The van der Waals surface area contributed by atoms with E-state index in [1.165, 1.54) is 12.8 Å². The van der Waals surface area contributed by atoms with Gasteiger partial charge in [0.25, 0.3) is 0 Å². The van der Waals surface area contributed by atoms with Gasteiger partial charge in [-0.3, -0.25) is 0 Å². The third-order valence-corrected chi connectivity index (χ3v) is 5.34. The van der Waals surface area contributed by atoms with Crippen molar-refractivity contribution < 1.29 is 9.09 Å². The van der Waals surface area contributed by atoms with Crippen molar-refractivity contribution in [3.05, 3.63) is 30.3 Å². The van der Waals surface area contributed by atoms with E-state index in [4.69, 9.17) is 4.52 Å². The van der Waals surface area contributed by atoms with Crippen LogP contribution in [0.1, 0.15) is 40.0 Å². The molecule has 1 aliphatic rings. The van der Waals surface area contributed by atoms with Crippen molar-refractivity contribution in [1.82, 2.24) is 0 Å². The quantitative estimate of drug-likeness (QED) is 0.757. The first-order chi connectivity index (χ1) is 9.08. The van der Waals surface area contributed by atoms with E-state index in [1.54, 1.807) is 0 Å². The number of hydrogen-bond acceptors (Lipinski definition) is 2. The van der Waals surface area contributed by atoms with Crippen LogP contribution >= 0.6 is 8.03 Å². The minimum Gasteiger partial charge on any atom is -0.138 e. The normalized spacial score (nSPS) is 28.4. The molecule has 1 aliphatic carbocycles. The zero-order valence-electron chi connectivity index (χ0n) is 12.1. The van der Waals surface area contributed by atoms with Crippen molar-refractivity contribution in [2.75, 3.05) is 0 Å². The lowest BCUT2D eigenvalue weighted by atomic mass is 9.75. The Labute approximate surface area is 117 Å². The summed E-state index contributed by atoms with van der Waals surface area (Å²) in [5.41, 5.74) is 0. The molecule has 19 heavy (non-hydrogen) atoms. The largest absolute Gasteiger partial charge is 0.548 e. The molecule has 104 valence electrons. The molecule has 1 aromatic carbocycles. The molecule has 2 rings (SSSR count). The van der Waals surface area contributed by atoms with Crippen molar-refractivity contribution in [2.45, 2.75) is 46.1 Å². The minimum absolute atomic E-state index is 0.146. The lowest BCUT2D eigenvalue weighted by molar-refractivity contribution is 0.0538. The summed E-state index contributed by atoms with van der Waals surface area (Å²) in [5.74, 6) is 1.81. The van der Waals surface area contributed by atoms with Gasteiger partial charge in [-0.2, -0.15) is 0 Å². The van der Waals surface area contributed by atoms with Gasteiger partial charge in [-0.25, -0.2) is 0 Å². The lowest BCUT2D eigenvalue weighted by Crippen LogP contribution is -2.33. The summed E-state index contributed by atoms with van der Waals surface area (Å²) in [5, 5.41) is 0.804. The van der Waals surface area contributed by atoms with E-state index in [9.17, 15) is 4.57 Å². The predicted octanol–water partition coefficient (Wildman–Crippen LogP) is 4.53. The summed E-state index contributed by atoms with van der Waals surface area (Å²) in [7, 11) is -1.72. The first-order valence-corrected chi connectivity index (χ1v) is 8.44. The van der Waals surface area contributed by atoms with Crippen LogP contribution in [0.5, 0.6) is 0 Å². The van der Waals surface area contributed by atoms with Gasteiger partial charge in [-0.1, -0.05) is 45.4 Å². The van der Waals surface area contributed by atoms with Crippen molar-refractivity contribution >= 4 is 13.3 Å². The maximum Gasteiger partial charge on any atom is 0.548 e. The molecule has 0 bridgehead atoms. The van der Waals surface area contributed by atoms with Gasteiger partial charge in [-0.05, 0) is 47.3 Å². The minimum atomic E-state index is -1.72. The summed E-state index contributed by atoms with van der Waals surface area (Å²) in [4.78, 5) is 0. The molecule has 1 aromatic rings. The summed E-state index contributed by atoms with van der Waals surface area (Å²) >= 11 is 0. The number of rotatable bonds is 4. The second-order valence-corrected chi connectivity index (χ2v) is 7.30. The van der Waals surface area contributed by atoms with Crippen LogP contribution in [0.15, 0.2) is 30.3 Å². The molecule has 1 unspecified atom stereocenters. The second kappa shape index (κ2) is 6.63. The highest BCUT2D eigenvalue weighted by atomic mass is 31.1. The molecule has 4 atom stereocenters. The smallest absolute Gasteiger partial charge is 0.138 e. The lowest BCUT2D eigenvalue weighted by Gasteiger charge is -2.33. The molecule has 0 amide bonds. The highest BCUT2D eigenvalue weighted by Gasteiger charge is 2.38. The van der Waals surface area contributed by atoms with Gasteiger partial charge in [0.1, 0.15) is 6.10 Å². The van der Waals surface area contributed by atoms with Crippen LogP contribution in [0.25, 0.3) is 0 Å². The fourth-order valence-electron chi connectivity index (χ4n) is 2.97. The Bertz CT molecular complexity index is 416. The van der Waals surface area contributed by atoms with Crippen molar-refractivity contribution in [1.29, 1.82) is 0 Å². The average Bonchev–Trinajstić information content (AvgIpc) is 2.39. The first kappa shape index (κ1) is 14.7. The first-order valence-electron chi connectivity index (χ1n) is 7.27. The van der Waals surface area contributed by atoms with Crippen LogP contribution in [0.2, 0.25) is 0 Å². The summed E-state index contributed by atoms with van der Waals surface area (Å²) in [6.45, 7) is 6.75. The number of benzene rings is 1. The van der Waals surface area contributed by atoms with E-state index < -0.39 is 8.03 Å². The van der Waals surface area contributed by atoms with E-state index in [1.807, 2.05) is 30.3 Å². The monoisotopic (exact) mass is 279 g/mol. The van der Waals surface area contributed by atoms with Crippen LogP contribution in [0.3, 0.4) is 0 Å². The van der Waals surface area contributed by atoms with E-state index in [0.29, 0.717) is 17.8 Å². The molecule has 0 aliphatic heterocycles. The van der Waals surface area contributed by atoms with Crippen LogP contribution < -0.4 is 5.30 Å². The molecule has 0 saturated heterocycles. The Morgan fingerprint density at radius 1 is 1.21 bits per heavy atom. The van der Waals surface area contributed by atoms with Crippen molar-refractivity contribution in [2.24, 2.45) is 17.8 Å². The number of hydrogen-bond donors (Lipinski definition) is 0. The molecule has 1 saturated carbocycles. The Balaban J connectivity index is 2.04. The molecule has 0 N–H and O–H groups in total. The molecular formula is C16H24O2P+. The fourth-order valence-corrected chi connectivity index (χ4v) is 4.00. The van der Waals surface area contributed by atoms with Crippen molar-refractivity contribution in [3.63, 3.8) is 0 Å². The standard InChI is InChI=1S/C16H24O2P/c1-12(2)15-10-9-13(3)11-16(15)18-19(17)14-7-5-4-6-8-14/h4-8,12-13,15-16H,9-11H2,1-3H3/q+1/t13-,15-,16+/m1/s1. The van der Waals surface area contributed by atoms with E-state index >= 15 is 0 Å². The van der Waals surface area contributed by atoms with Gasteiger partial charge < -0.3 is 0 Å². The molecule has 0 aromatic heterocycles. The van der Waals surface area contributed by atoms with Gasteiger partial charge in [0, 0.05) is 0 Å². The summed E-state index contributed by atoms with van der Waals surface area (Å²) in [6.07, 6.45) is 3.65. The molecule has 3 heteroatoms. The van der Waals surface area contributed by atoms with E-state index in [-0.39, 0.29) is 6.10 Å². The van der Waals surface area contributed by atoms with Gasteiger partial charge in [0.2, 0.25) is 5.30 Å². The maximum absolute atomic E-state index is 12.3. The van der Waals surface area contributed by atoms with Crippen LogP contribution in [0.4, 0.5) is 0 Å². The third kappa shape index (κ3) is 3.87. The highest BCUT2D eigenvalue weighted by Crippen LogP contribution is 2.39. The topological polar surface area (TPSA) is 26.3 Å². The van der Waals surface area contributed by atoms with Gasteiger partial charge in [0.15, 0.2) is 0 Å². The Morgan fingerprint density at radius 2 is 1.89 bits per heavy atom. The average molecular weight is 279 g/mol. The third-order valence-electron chi connectivity index (χ3n) is 4.16. The van der Waals surface area contributed by atoms with Gasteiger partial charge in [0.05, 0.1) is 0 Å². The van der Waals surface area contributed by atoms with Crippen LogP contribution in [-0.4, -0.2) is 6.10 Å². The SMILES string of the molecule is CC(C)[C@H]1CC[C@@H](C)C[C@@H]1O[P+](=O)c1ccccc1. The van der Waals surface area contributed by atoms with Crippen LogP contribution in [-0.2, 0) is 9.09 Å². The zero-order chi connectivity index (χ0) is 13.8. The van der Waals surface area contributed by atoms with E-state index in [0.717, 1.165) is 11.7 Å². The summed E-state index contributed by atoms with van der Waals surface area (Å²) in [6, 6.07) is 9.53. The zero-order valence-corrected chi connectivity index (χ0v) is 13.0.